The first-order valence-corrected chi connectivity index (χ1v) is 6.44. The van der Waals surface area contributed by atoms with Crippen LogP contribution in [0.1, 0.15) is 44.1 Å². The zero-order chi connectivity index (χ0) is 11.9. The van der Waals surface area contributed by atoms with Crippen LogP contribution in [-0.2, 0) is 0 Å². The van der Waals surface area contributed by atoms with Crippen LogP contribution in [0.5, 0.6) is 11.5 Å². The van der Waals surface area contributed by atoms with Crippen LogP contribution >= 0.6 is 0 Å². The topological polar surface area (TPSA) is 44.5 Å². The minimum Gasteiger partial charge on any atom is -0.448 e. The van der Waals surface area contributed by atoms with E-state index in [1.54, 1.807) is 0 Å². The second-order valence-corrected chi connectivity index (χ2v) is 5.16. The van der Waals surface area contributed by atoms with E-state index in [4.69, 9.17) is 15.2 Å². The minimum atomic E-state index is -0.354. The molecule has 3 rings (SSSR count). The van der Waals surface area contributed by atoms with E-state index in [1.165, 1.54) is 18.4 Å². The summed E-state index contributed by atoms with van der Waals surface area (Å²) in [4.78, 5) is 0. The van der Waals surface area contributed by atoms with Crippen molar-refractivity contribution in [3.05, 3.63) is 23.8 Å². The molecule has 0 amide bonds. The zero-order valence-electron chi connectivity index (χ0n) is 10.2. The monoisotopic (exact) mass is 233 g/mol. The van der Waals surface area contributed by atoms with E-state index in [1.807, 2.05) is 6.07 Å². The Morgan fingerprint density at radius 1 is 1.24 bits per heavy atom. The van der Waals surface area contributed by atoms with E-state index < -0.39 is 0 Å². The van der Waals surface area contributed by atoms with Crippen LogP contribution in [0, 0.1) is 0 Å². The molecule has 0 aromatic heterocycles. The van der Waals surface area contributed by atoms with Gasteiger partial charge in [0.2, 0.25) is 0 Å². The molecule has 2 aliphatic rings. The van der Waals surface area contributed by atoms with Crippen LogP contribution in [0.4, 0.5) is 0 Å². The number of ether oxygens (including phenoxy) is 2. The average molecular weight is 233 g/mol. The zero-order valence-corrected chi connectivity index (χ0v) is 10.2. The number of fused-ring (bicyclic) bond motifs is 1. The fourth-order valence-electron chi connectivity index (χ4n) is 2.67. The molecule has 0 bridgehead atoms. The molecule has 3 heteroatoms. The molecule has 92 valence electrons. The summed E-state index contributed by atoms with van der Waals surface area (Å²) in [6.07, 6.45) is 4.40. The lowest BCUT2D eigenvalue weighted by atomic mass is 10.0. The average Bonchev–Trinajstić information content (AvgIpc) is 2.94. The van der Waals surface area contributed by atoms with Gasteiger partial charge in [0.25, 0.3) is 5.79 Å². The van der Waals surface area contributed by atoms with Crippen LogP contribution in [0.3, 0.4) is 0 Å². The van der Waals surface area contributed by atoms with E-state index in [9.17, 15) is 0 Å². The molecule has 1 aromatic carbocycles. The summed E-state index contributed by atoms with van der Waals surface area (Å²) >= 11 is 0. The van der Waals surface area contributed by atoms with E-state index in [2.05, 4.69) is 19.1 Å². The van der Waals surface area contributed by atoms with Crippen molar-refractivity contribution < 1.29 is 9.47 Å². The van der Waals surface area contributed by atoms with Crippen LogP contribution < -0.4 is 15.2 Å². The lowest BCUT2D eigenvalue weighted by Crippen LogP contribution is -2.34. The van der Waals surface area contributed by atoms with Crippen molar-refractivity contribution in [2.75, 3.05) is 6.54 Å². The molecular weight excluding hydrogens is 214 g/mol. The normalized spacial score (nSPS) is 22.0. The maximum atomic E-state index is 6.03. The SMILES string of the molecule is CC(CN)c1ccc2c(c1)OC1(CCCC1)O2. The van der Waals surface area contributed by atoms with Gasteiger partial charge in [-0.25, -0.2) is 0 Å². The van der Waals surface area contributed by atoms with Crippen LogP contribution in [-0.4, -0.2) is 12.3 Å². The van der Waals surface area contributed by atoms with Gasteiger partial charge < -0.3 is 15.2 Å². The van der Waals surface area contributed by atoms with Gasteiger partial charge in [-0.05, 0) is 43.0 Å². The Balaban J connectivity index is 1.87. The van der Waals surface area contributed by atoms with Crippen LogP contribution in [0.2, 0.25) is 0 Å². The first-order chi connectivity index (χ1) is 8.22. The van der Waals surface area contributed by atoms with Gasteiger partial charge in [0, 0.05) is 12.8 Å². The maximum absolute atomic E-state index is 6.03. The number of hydrogen-bond acceptors (Lipinski definition) is 3. The molecule has 1 aliphatic carbocycles. The largest absolute Gasteiger partial charge is 0.448 e. The van der Waals surface area contributed by atoms with Crippen molar-refractivity contribution in [1.29, 1.82) is 0 Å². The van der Waals surface area contributed by atoms with Gasteiger partial charge in [0.15, 0.2) is 11.5 Å². The van der Waals surface area contributed by atoms with Crippen molar-refractivity contribution in [1.82, 2.24) is 0 Å². The second-order valence-electron chi connectivity index (χ2n) is 5.16. The van der Waals surface area contributed by atoms with Gasteiger partial charge in [0.05, 0.1) is 0 Å². The third-order valence-electron chi connectivity index (χ3n) is 3.85. The van der Waals surface area contributed by atoms with Crippen molar-refractivity contribution in [2.24, 2.45) is 5.73 Å². The Morgan fingerprint density at radius 3 is 2.65 bits per heavy atom. The molecule has 1 aliphatic heterocycles. The fourth-order valence-corrected chi connectivity index (χ4v) is 2.67. The molecule has 1 spiro atoms. The lowest BCUT2D eigenvalue weighted by molar-refractivity contribution is -0.0716. The molecule has 3 nitrogen and oxygen atoms in total. The Kier molecular flexibility index (Phi) is 2.51. The highest BCUT2D eigenvalue weighted by molar-refractivity contribution is 5.46. The number of rotatable bonds is 2. The molecule has 1 aromatic rings. The van der Waals surface area contributed by atoms with E-state index in [0.717, 1.165) is 24.3 Å². The molecule has 0 saturated heterocycles. The number of nitrogens with two attached hydrogens (primary N) is 1. The quantitative estimate of drug-likeness (QED) is 0.854. The van der Waals surface area contributed by atoms with Crippen molar-refractivity contribution in [3.63, 3.8) is 0 Å². The third-order valence-corrected chi connectivity index (χ3v) is 3.85. The summed E-state index contributed by atoms with van der Waals surface area (Å²) in [5.41, 5.74) is 6.92. The van der Waals surface area contributed by atoms with Gasteiger partial charge in [-0.15, -0.1) is 0 Å². The Labute approximate surface area is 102 Å². The highest BCUT2D eigenvalue weighted by Crippen LogP contribution is 2.47. The molecule has 2 N–H and O–H groups in total. The first-order valence-electron chi connectivity index (χ1n) is 6.44. The maximum Gasteiger partial charge on any atom is 0.251 e. The van der Waals surface area contributed by atoms with Gasteiger partial charge in [-0.1, -0.05) is 13.0 Å². The summed E-state index contributed by atoms with van der Waals surface area (Å²) in [5, 5.41) is 0. The van der Waals surface area contributed by atoms with E-state index in [0.29, 0.717) is 12.5 Å². The Morgan fingerprint density at radius 2 is 1.94 bits per heavy atom. The highest BCUT2D eigenvalue weighted by Gasteiger charge is 2.44. The second kappa shape index (κ2) is 3.91. The summed E-state index contributed by atoms with van der Waals surface area (Å²) in [6.45, 7) is 2.79. The molecular formula is C14H19NO2. The predicted octanol–water partition coefficient (Wildman–Crippen LogP) is 2.79. The molecule has 1 fully saturated rings. The molecule has 1 saturated carbocycles. The molecule has 1 atom stereocenters. The third kappa shape index (κ3) is 1.78. The molecule has 1 unspecified atom stereocenters. The number of hydrogen-bond donors (Lipinski definition) is 1. The summed E-state index contributed by atoms with van der Waals surface area (Å²) in [6, 6.07) is 6.19. The smallest absolute Gasteiger partial charge is 0.251 e. The fraction of sp³-hybridized carbons (Fsp3) is 0.571. The van der Waals surface area contributed by atoms with E-state index >= 15 is 0 Å². The van der Waals surface area contributed by atoms with Crippen molar-refractivity contribution in [2.45, 2.75) is 44.3 Å². The standard InChI is InChI=1S/C14H19NO2/c1-10(9-15)11-4-5-12-13(8-11)17-14(16-12)6-2-3-7-14/h4-5,8,10H,2-3,6-7,9,15H2,1H3. The minimum absolute atomic E-state index is 0.354. The first kappa shape index (κ1) is 10.9. The van der Waals surface area contributed by atoms with Gasteiger partial charge in [-0.3, -0.25) is 0 Å². The lowest BCUT2D eigenvalue weighted by Gasteiger charge is -2.21. The van der Waals surface area contributed by atoms with E-state index in [-0.39, 0.29) is 5.79 Å². The van der Waals surface area contributed by atoms with Crippen molar-refractivity contribution in [3.8, 4) is 11.5 Å². The Bertz CT molecular complexity index is 424. The predicted molar refractivity (Wildman–Crippen MR) is 66.4 cm³/mol. The van der Waals surface area contributed by atoms with Gasteiger partial charge in [-0.2, -0.15) is 0 Å². The summed E-state index contributed by atoms with van der Waals surface area (Å²) in [7, 11) is 0. The Hall–Kier alpha value is -1.22. The molecule has 17 heavy (non-hydrogen) atoms. The van der Waals surface area contributed by atoms with Crippen molar-refractivity contribution >= 4 is 0 Å². The van der Waals surface area contributed by atoms with Gasteiger partial charge in [0.1, 0.15) is 0 Å². The van der Waals surface area contributed by atoms with Crippen LogP contribution in [0.25, 0.3) is 0 Å². The van der Waals surface area contributed by atoms with Gasteiger partial charge >= 0.3 is 0 Å². The summed E-state index contributed by atoms with van der Waals surface area (Å²) in [5.74, 6) is 1.79. The molecule has 0 radical (unpaired) electrons. The molecule has 1 heterocycles. The summed E-state index contributed by atoms with van der Waals surface area (Å²) < 4.78 is 12.0. The number of benzene rings is 1. The van der Waals surface area contributed by atoms with Crippen LogP contribution in [0.15, 0.2) is 18.2 Å². The highest BCUT2D eigenvalue weighted by atomic mass is 16.7.